The Morgan fingerprint density at radius 1 is 1.32 bits per heavy atom. The van der Waals surface area contributed by atoms with Crippen molar-refractivity contribution in [3.63, 3.8) is 0 Å². The zero-order valence-electron chi connectivity index (χ0n) is 12.5. The van der Waals surface area contributed by atoms with Crippen LogP contribution in [-0.4, -0.2) is 19.6 Å². The predicted molar refractivity (Wildman–Crippen MR) is 78.6 cm³/mol. The van der Waals surface area contributed by atoms with Crippen LogP contribution < -0.4 is 15.8 Å². The summed E-state index contributed by atoms with van der Waals surface area (Å²) < 4.78 is 5.31. The number of hydrogen-bond acceptors (Lipinski definition) is 3. The van der Waals surface area contributed by atoms with Gasteiger partial charge >= 0.3 is 0 Å². The lowest BCUT2D eigenvalue weighted by Crippen LogP contribution is -2.32. The number of hydrogen-bond donors (Lipinski definition) is 2. The van der Waals surface area contributed by atoms with Crippen molar-refractivity contribution < 1.29 is 9.53 Å². The molecular weight excluding hydrogens is 240 g/mol. The van der Waals surface area contributed by atoms with Gasteiger partial charge in [-0.05, 0) is 50.1 Å². The highest BCUT2D eigenvalue weighted by molar-refractivity contribution is 5.95. The van der Waals surface area contributed by atoms with Crippen LogP contribution in [-0.2, 0) is 4.79 Å². The summed E-state index contributed by atoms with van der Waals surface area (Å²) in [4.78, 5) is 12.2. The van der Waals surface area contributed by atoms with Gasteiger partial charge in [-0.25, -0.2) is 0 Å². The fourth-order valence-corrected chi connectivity index (χ4v) is 2.12. The van der Waals surface area contributed by atoms with Gasteiger partial charge < -0.3 is 15.8 Å². The summed E-state index contributed by atoms with van der Waals surface area (Å²) in [6.45, 7) is 8.23. The van der Waals surface area contributed by atoms with Crippen LogP contribution in [0.25, 0.3) is 0 Å². The summed E-state index contributed by atoms with van der Waals surface area (Å²) in [7, 11) is 1.65. The molecule has 0 spiro atoms. The number of rotatable bonds is 5. The SMILES string of the molecule is COc1c(C)cc(NC(=O)C(C)(C)CCN)cc1C. The number of benzene rings is 1. The number of carbonyl (C=O) groups excluding carboxylic acids is 1. The minimum absolute atomic E-state index is 0.0121. The molecule has 4 heteroatoms. The molecule has 0 fully saturated rings. The molecule has 1 rings (SSSR count). The Labute approximate surface area is 115 Å². The molecule has 1 amide bonds. The fourth-order valence-electron chi connectivity index (χ4n) is 2.12. The molecule has 0 atom stereocenters. The molecule has 0 aliphatic carbocycles. The largest absolute Gasteiger partial charge is 0.496 e. The Morgan fingerprint density at radius 3 is 2.26 bits per heavy atom. The third-order valence-electron chi connectivity index (χ3n) is 3.31. The van der Waals surface area contributed by atoms with E-state index in [-0.39, 0.29) is 5.91 Å². The van der Waals surface area contributed by atoms with E-state index in [1.807, 2.05) is 39.8 Å². The first-order chi connectivity index (χ1) is 8.81. The van der Waals surface area contributed by atoms with Crippen molar-refractivity contribution in [2.24, 2.45) is 11.1 Å². The molecule has 0 bridgehead atoms. The van der Waals surface area contributed by atoms with Gasteiger partial charge in [0, 0.05) is 11.1 Å². The molecule has 0 saturated carbocycles. The molecule has 19 heavy (non-hydrogen) atoms. The summed E-state index contributed by atoms with van der Waals surface area (Å²) in [5.41, 5.74) is 7.89. The first-order valence-electron chi connectivity index (χ1n) is 6.48. The predicted octanol–water partition coefficient (Wildman–Crippen LogP) is 2.63. The monoisotopic (exact) mass is 264 g/mol. The highest BCUT2D eigenvalue weighted by Gasteiger charge is 2.26. The standard InChI is InChI=1S/C15H24N2O2/c1-10-8-12(9-11(2)13(10)19-5)17-14(18)15(3,4)6-7-16/h8-9H,6-7,16H2,1-5H3,(H,17,18). The summed E-state index contributed by atoms with van der Waals surface area (Å²) in [6.07, 6.45) is 0.660. The quantitative estimate of drug-likeness (QED) is 0.859. The zero-order chi connectivity index (χ0) is 14.6. The molecule has 106 valence electrons. The maximum absolute atomic E-state index is 12.2. The summed E-state index contributed by atoms with van der Waals surface area (Å²) >= 11 is 0. The highest BCUT2D eigenvalue weighted by Crippen LogP contribution is 2.28. The summed E-state index contributed by atoms with van der Waals surface area (Å²) in [5, 5.41) is 2.95. The third-order valence-corrected chi connectivity index (χ3v) is 3.31. The van der Waals surface area contributed by atoms with Gasteiger partial charge in [0.2, 0.25) is 5.91 Å². The molecule has 3 N–H and O–H groups in total. The molecule has 4 nitrogen and oxygen atoms in total. The second-order valence-electron chi connectivity index (χ2n) is 5.52. The molecule has 1 aromatic rings. The van der Waals surface area contributed by atoms with Crippen LogP contribution in [0.1, 0.15) is 31.4 Å². The number of nitrogens with two attached hydrogens (primary N) is 1. The van der Waals surface area contributed by atoms with Gasteiger partial charge in [-0.1, -0.05) is 13.8 Å². The highest BCUT2D eigenvalue weighted by atomic mass is 16.5. The molecule has 0 unspecified atom stereocenters. The molecule has 0 aliphatic heterocycles. The first kappa shape index (κ1) is 15.5. The topological polar surface area (TPSA) is 64.3 Å². The lowest BCUT2D eigenvalue weighted by atomic mass is 9.88. The van der Waals surface area contributed by atoms with Crippen LogP contribution in [0.3, 0.4) is 0 Å². The molecule has 0 aromatic heterocycles. The Balaban J connectivity index is 2.92. The number of ether oxygens (including phenoxy) is 1. The van der Waals surface area contributed by atoms with E-state index in [9.17, 15) is 4.79 Å². The van der Waals surface area contributed by atoms with Crippen molar-refractivity contribution in [3.05, 3.63) is 23.3 Å². The van der Waals surface area contributed by atoms with E-state index in [0.29, 0.717) is 13.0 Å². The first-order valence-corrected chi connectivity index (χ1v) is 6.48. The number of aryl methyl sites for hydroxylation is 2. The second-order valence-corrected chi connectivity index (χ2v) is 5.52. The number of methoxy groups -OCH3 is 1. The maximum Gasteiger partial charge on any atom is 0.230 e. The van der Waals surface area contributed by atoms with E-state index in [1.54, 1.807) is 7.11 Å². The Kier molecular flexibility index (Phi) is 4.95. The number of nitrogens with one attached hydrogen (secondary N) is 1. The van der Waals surface area contributed by atoms with E-state index in [4.69, 9.17) is 10.5 Å². The van der Waals surface area contributed by atoms with Crippen molar-refractivity contribution in [2.45, 2.75) is 34.1 Å². The van der Waals surface area contributed by atoms with E-state index in [2.05, 4.69) is 5.32 Å². The van der Waals surface area contributed by atoms with Crippen molar-refractivity contribution >= 4 is 11.6 Å². The molecular formula is C15H24N2O2. The maximum atomic E-state index is 12.2. The van der Waals surface area contributed by atoms with Crippen LogP contribution in [0, 0.1) is 19.3 Å². The van der Waals surface area contributed by atoms with Crippen molar-refractivity contribution in [1.29, 1.82) is 0 Å². The smallest absolute Gasteiger partial charge is 0.230 e. The van der Waals surface area contributed by atoms with Gasteiger partial charge in [0.05, 0.1) is 7.11 Å². The summed E-state index contributed by atoms with van der Waals surface area (Å²) in [6, 6.07) is 3.84. The lowest BCUT2D eigenvalue weighted by Gasteiger charge is -2.23. The van der Waals surface area contributed by atoms with E-state index in [0.717, 1.165) is 22.6 Å². The van der Waals surface area contributed by atoms with Crippen molar-refractivity contribution in [2.75, 3.05) is 19.0 Å². The minimum atomic E-state index is -0.462. The van der Waals surface area contributed by atoms with Crippen LogP contribution in [0.4, 0.5) is 5.69 Å². The molecule has 0 heterocycles. The Bertz CT molecular complexity index is 444. The van der Waals surface area contributed by atoms with Gasteiger partial charge in [0.1, 0.15) is 5.75 Å². The van der Waals surface area contributed by atoms with Crippen molar-refractivity contribution in [3.8, 4) is 5.75 Å². The zero-order valence-corrected chi connectivity index (χ0v) is 12.5. The Hall–Kier alpha value is -1.55. The van der Waals surface area contributed by atoms with E-state index < -0.39 is 5.41 Å². The van der Waals surface area contributed by atoms with E-state index in [1.165, 1.54) is 0 Å². The van der Waals surface area contributed by atoms with Crippen molar-refractivity contribution in [1.82, 2.24) is 0 Å². The molecule has 1 aromatic carbocycles. The minimum Gasteiger partial charge on any atom is -0.496 e. The second kappa shape index (κ2) is 6.06. The van der Waals surface area contributed by atoms with Gasteiger partial charge in [-0.2, -0.15) is 0 Å². The van der Waals surface area contributed by atoms with Crippen LogP contribution in [0.2, 0.25) is 0 Å². The third kappa shape index (κ3) is 3.70. The van der Waals surface area contributed by atoms with Gasteiger partial charge in [-0.15, -0.1) is 0 Å². The van der Waals surface area contributed by atoms with E-state index >= 15 is 0 Å². The van der Waals surface area contributed by atoms with Gasteiger partial charge in [0.25, 0.3) is 0 Å². The number of carbonyl (C=O) groups is 1. The number of anilines is 1. The Morgan fingerprint density at radius 2 is 1.84 bits per heavy atom. The number of amides is 1. The van der Waals surface area contributed by atoms with Gasteiger partial charge in [-0.3, -0.25) is 4.79 Å². The fraction of sp³-hybridized carbons (Fsp3) is 0.533. The van der Waals surface area contributed by atoms with Crippen LogP contribution in [0.15, 0.2) is 12.1 Å². The lowest BCUT2D eigenvalue weighted by molar-refractivity contribution is -0.124. The normalized spacial score (nSPS) is 11.3. The van der Waals surface area contributed by atoms with Crippen LogP contribution >= 0.6 is 0 Å². The summed E-state index contributed by atoms with van der Waals surface area (Å²) in [5.74, 6) is 0.848. The van der Waals surface area contributed by atoms with Crippen LogP contribution in [0.5, 0.6) is 5.75 Å². The average molecular weight is 264 g/mol. The van der Waals surface area contributed by atoms with Gasteiger partial charge in [0.15, 0.2) is 0 Å². The average Bonchev–Trinajstić information content (AvgIpc) is 2.28. The molecule has 0 aliphatic rings. The molecule has 0 radical (unpaired) electrons. The molecule has 0 saturated heterocycles.